The molecule has 0 unspecified atom stereocenters. The molecule has 6 heteroatoms. The van der Waals surface area contributed by atoms with Crippen LogP contribution in [0.5, 0.6) is 5.75 Å². The normalized spacial score (nSPS) is 22.2. The fourth-order valence-corrected chi connectivity index (χ4v) is 6.03. The highest BCUT2D eigenvalue weighted by molar-refractivity contribution is 5.67. The zero-order chi connectivity index (χ0) is 28.6. The fourth-order valence-electron chi connectivity index (χ4n) is 6.03. The number of unbranched alkanes of at least 4 members (excludes halogenated alkanes) is 2. The van der Waals surface area contributed by atoms with Crippen LogP contribution in [0.4, 0.5) is 4.39 Å². The largest absolute Gasteiger partial charge is 0.492 e. The number of ether oxygens (including phenoxy) is 3. The van der Waals surface area contributed by atoms with E-state index in [0.29, 0.717) is 43.3 Å². The number of benzene rings is 2. The standard InChI is InChI=1S/C34H49FO5/c1-4-5-6-8-25-10-12-26(13-11-25)27-14-16-30(31(35)20-27)28-15-17-32(29(19-28)9-7-18-36)38-22-34(21-37)23-39-33(2,3)40-24-34/h14-17,19-20,25-26,36-37H,4-13,18,21-24H2,1-3H3. The van der Waals surface area contributed by atoms with E-state index >= 15 is 4.39 Å². The van der Waals surface area contributed by atoms with Crippen LogP contribution in [0.2, 0.25) is 0 Å². The van der Waals surface area contributed by atoms with Crippen molar-refractivity contribution in [1.29, 1.82) is 0 Å². The van der Waals surface area contributed by atoms with E-state index in [1.165, 1.54) is 38.5 Å². The maximum Gasteiger partial charge on any atom is 0.162 e. The molecule has 4 rings (SSSR count). The van der Waals surface area contributed by atoms with Crippen LogP contribution in [0, 0.1) is 17.2 Å². The first-order valence-corrected chi connectivity index (χ1v) is 15.3. The summed E-state index contributed by atoms with van der Waals surface area (Å²) < 4.78 is 33.3. The molecule has 0 bridgehead atoms. The summed E-state index contributed by atoms with van der Waals surface area (Å²) in [6.07, 6.45) is 11.3. The van der Waals surface area contributed by atoms with Gasteiger partial charge in [0.2, 0.25) is 0 Å². The van der Waals surface area contributed by atoms with Crippen LogP contribution in [0.1, 0.15) is 95.6 Å². The van der Waals surface area contributed by atoms with Crippen molar-refractivity contribution in [3.8, 4) is 16.9 Å². The topological polar surface area (TPSA) is 68.2 Å². The molecule has 1 saturated carbocycles. The summed E-state index contributed by atoms with van der Waals surface area (Å²) in [7, 11) is 0. The van der Waals surface area contributed by atoms with E-state index in [4.69, 9.17) is 14.2 Å². The van der Waals surface area contributed by atoms with Crippen LogP contribution >= 0.6 is 0 Å². The second-order valence-corrected chi connectivity index (χ2v) is 12.5. The smallest absolute Gasteiger partial charge is 0.162 e. The van der Waals surface area contributed by atoms with E-state index in [0.717, 1.165) is 35.4 Å². The highest BCUT2D eigenvalue weighted by atomic mass is 19.1. The molecule has 2 aromatic carbocycles. The Labute approximate surface area is 240 Å². The van der Waals surface area contributed by atoms with E-state index in [2.05, 4.69) is 13.0 Å². The molecule has 0 spiro atoms. The average Bonchev–Trinajstić information content (AvgIpc) is 2.96. The van der Waals surface area contributed by atoms with Gasteiger partial charge < -0.3 is 24.4 Å². The zero-order valence-corrected chi connectivity index (χ0v) is 24.7. The van der Waals surface area contributed by atoms with Crippen molar-refractivity contribution in [2.45, 2.75) is 96.7 Å². The Morgan fingerprint density at radius 3 is 2.35 bits per heavy atom. The molecule has 2 N–H and O–H groups in total. The molecule has 1 heterocycles. The molecule has 1 aliphatic carbocycles. The Hall–Kier alpha value is -1.99. The summed E-state index contributed by atoms with van der Waals surface area (Å²) in [4.78, 5) is 0. The first-order chi connectivity index (χ1) is 19.3. The van der Waals surface area contributed by atoms with Crippen molar-refractivity contribution in [2.24, 2.45) is 11.3 Å². The molecule has 40 heavy (non-hydrogen) atoms. The maximum absolute atomic E-state index is 15.5. The molecule has 0 atom stereocenters. The highest BCUT2D eigenvalue weighted by Gasteiger charge is 2.40. The van der Waals surface area contributed by atoms with Gasteiger partial charge >= 0.3 is 0 Å². The Morgan fingerprint density at radius 1 is 0.950 bits per heavy atom. The minimum absolute atomic E-state index is 0.0604. The summed E-state index contributed by atoms with van der Waals surface area (Å²) in [5.74, 6) is 1.08. The molecular formula is C34H49FO5. The Balaban J connectivity index is 1.44. The van der Waals surface area contributed by atoms with Crippen LogP contribution in [0.3, 0.4) is 0 Å². The summed E-state index contributed by atoms with van der Waals surface area (Å²) in [6, 6.07) is 11.5. The number of aryl methyl sites for hydroxylation is 1. The molecule has 0 aromatic heterocycles. The minimum atomic E-state index is -0.681. The number of aliphatic hydroxyl groups is 2. The van der Waals surface area contributed by atoms with Gasteiger partial charge in [-0.2, -0.15) is 0 Å². The summed E-state index contributed by atoms with van der Waals surface area (Å²) in [5.41, 5.74) is 2.74. The van der Waals surface area contributed by atoms with Gasteiger partial charge in [0.15, 0.2) is 5.79 Å². The van der Waals surface area contributed by atoms with Crippen molar-refractivity contribution in [1.82, 2.24) is 0 Å². The fraction of sp³-hybridized carbons (Fsp3) is 0.647. The number of rotatable bonds is 13. The first-order valence-electron chi connectivity index (χ1n) is 15.3. The van der Waals surface area contributed by atoms with Crippen LogP contribution in [-0.4, -0.2) is 49.0 Å². The Bertz CT molecular complexity index is 1070. The van der Waals surface area contributed by atoms with Crippen molar-refractivity contribution in [3.63, 3.8) is 0 Å². The molecule has 1 aliphatic heterocycles. The third kappa shape index (κ3) is 8.06. The van der Waals surface area contributed by atoms with Crippen molar-refractivity contribution in [3.05, 3.63) is 53.3 Å². The number of hydrogen-bond donors (Lipinski definition) is 2. The monoisotopic (exact) mass is 556 g/mol. The van der Waals surface area contributed by atoms with Crippen LogP contribution < -0.4 is 4.74 Å². The lowest BCUT2D eigenvalue weighted by molar-refractivity contribution is -0.293. The second kappa shape index (κ2) is 14.3. The highest BCUT2D eigenvalue weighted by Crippen LogP contribution is 2.39. The molecule has 0 radical (unpaired) electrons. The third-order valence-electron chi connectivity index (χ3n) is 8.82. The molecule has 0 amide bonds. The van der Waals surface area contributed by atoms with Gasteiger partial charge in [-0.05, 0) is 99.1 Å². The minimum Gasteiger partial charge on any atom is -0.492 e. The first kappa shape index (κ1) is 31.0. The number of aliphatic hydroxyl groups excluding tert-OH is 2. The Kier molecular flexibility index (Phi) is 11.0. The van der Waals surface area contributed by atoms with E-state index < -0.39 is 11.2 Å². The van der Waals surface area contributed by atoms with Crippen LogP contribution in [0.15, 0.2) is 36.4 Å². The lowest BCUT2D eigenvalue weighted by atomic mass is 9.77. The van der Waals surface area contributed by atoms with Gasteiger partial charge in [0.25, 0.3) is 0 Å². The second-order valence-electron chi connectivity index (χ2n) is 12.5. The quantitative estimate of drug-likeness (QED) is 0.252. The van der Waals surface area contributed by atoms with Crippen molar-refractivity contribution < 1.29 is 28.8 Å². The van der Waals surface area contributed by atoms with Crippen molar-refractivity contribution in [2.75, 3.05) is 33.0 Å². The molecular weight excluding hydrogens is 507 g/mol. The molecule has 2 fully saturated rings. The average molecular weight is 557 g/mol. The van der Waals surface area contributed by atoms with Gasteiger partial charge in [-0.15, -0.1) is 0 Å². The van der Waals surface area contributed by atoms with Gasteiger partial charge in [0.1, 0.15) is 18.2 Å². The van der Waals surface area contributed by atoms with Crippen LogP contribution in [0.25, 0.3) is 11.1 Å². The van der Waals surface area contributed by atoms with E-state index in [-0.39, 0.29) is 25.6 Å². The van der Waals surface area contributed by atoms with E-state index in [9.17, 15) is 10.2 Å². The maximum atomic E-state index is 15.5. The van der Waals surface area contributed by atoms with Gasteiger partial charge in [-0.3, -0.25) is 0 Å². The van der Waals surface area contributed by atoms with Gasteiger partial charge in [0.05, 0.1) is 25.2 Å². The van der Waals surface area contributed by atoms with Gasteiger partial charge in [-0.1, -0.05) is 50.8 Å². The summed E-state index contributed by atoms with van der Waals surface area (Å²) >= 11 is 0. The van der Waals surface area contributed by atoms with E-state index in [1.54, 1.807) is 6.07 Å². The molecule has 1 saturated heterocycles. The van der Waals surface area contributed by atoms with Gasteiger partial charge in [0, 0.05) is 12.2 Å². The zero-order valence-electron chi connectivity index (χ0n) is 24.7. The SMILES string of the molecule is CCCCCC1CCC(c2ccc(-c3ccc(OCC4(CO)COC(C)(C)OC4)c(CCCO)c3)c(F)c2)CC1. The summed E-state index contributed by atoms with van der Waals surface area (Å²) in [6.45, 7) is 6.80. The number of halogens is 1. The lowest BCUT2D eigenvalue weighted by Crippen LogP contribution is -2.51. The van der Waals surface area contributed by atoms with Gasteiger partial charge in [-0.25, -0.2) is 4.39 Å². The predicted octanol–water partition coefficient (Wildman–Crippen LogP) is 7.41. The molecule has 2 aliphatic rings. The third-order valence-corrected chi connectivity index (χ3v) is 8.82. The lowest BCUT2D eigenvalue weighted by Gasteiger charge is -2.42. The Morgan fingerprint density at radius 2 is 1.70 bits per heavy atom. The molecule has 222 valence electrons. The van der Waals surface area contributed by atoms with Crippen molar-refractivity contribution >= 4 is 0 Å². The predicted molar refractivity (Wildman–Crippen MR) is 157 cm³/mol. The number of hydrogen-bond acceptors (Lipinski definition) is 5. The molecule has 5 nitrogen and oxygen atoms in total. The summed E-state index contributed by atoms with van der Waals surface area (Å²) in [5, 5.41) is 19.6. The van der Waals surface area contributed by atoms with E-state index in [1.807, 2.05) is 38.1 Å². The molecule has 2 aromatic rings. The van der Waals surface area contributed by atoms with Crippen LogP contribution in [-0.2, 0) is 15.9 Å².